The number of benzene rings is 3. The van der Waals surface area contributed by atoms with Gasteiger partial charge in [0.15, 0.2) is 0 Å². The van der Waals surface area contributed by atoms with Crippen molar-refractivity contribution in [2.75, 3.05) is 7.05 Å². The van der Waals surface area contributed by atoms with E-state index in [0.717, 1.165) is 18.6 Å². The van der Waals surface area contributed by atoms with E-state index in [9.17, 15) is 0 Å². The van der Waals surface area contributed by atoms with E-state index in [1.54, 1.807) is 0 Å². The van der Waals surface area contributed by atoms with Gasteiger partial charge in [-0.2, -0.15) is 0 Å². The molecule has 0 aliphatic rings. The van der Waals surface area contributed by atoms with Gasteiger partial charge in [0, 0.05) is 29.5 Å². The minimum absolute atomic E-state index is 0.0181. The molecule has 3 aromatic carbocycles. The third-order valence-corrected chi connectivity index (χ3v) is 8.05. The molecule has 0 amide bonds. The Morgan fingerprint density at radius 1 is 0.912 bits per heavy atom. The number of rotatable bonds is 9. The van der Waals surface area contributed by atoms with Crippen LogP contribution in [-0.4, -0.2) is 13.3 Å². The predicted molar refractivity (Wildman–Crippen MR) is 151 cm³/mol. The molecule has 3 heteroatoms. The van der Waals surface area contributed by atoms with Gasteiger partial charge in [0.05, 0.1) is 0 Å². The highest BCUT2D eigenvalue weighted by molar-refractivity contribution is 7.48. The van der Waals surface area contributed by atoms with E-state index in [2.05, 4.69) is 113 Å². The van der Waals surface area contributed by atoms with Crippen molar-refractivity contribution < 1.29 is 4.74 Å². The summed E-state index contributed by atoms with van der Waals surface area (Å²) in [6.07, 6.45) is 4.20. The number of aliphatic imine (C=N–C) groups is 1. The van der Waals surface area contributed by atoms with Crippen LogP contribution in [0.2, 0.25) is 0 Å². The molecule has 0 aliphatic carbocycles. The highest BCUT2D eigenvalue weighted by Crippen LogP contribution is 2.51. The van der Waals surface area contributed by atoms with E-state index in [-0.39, 0.29) is 10.6 Å². The first kappa shape index (κ1) is 26.2. The summed E-state index contributed by atoms with van der Waals surface area (Å²) < 4.78 is 6.72. The average Bonchev–Trinajstić information content (AvgIpc) is 2.79. The largest absolute Gasteiger partial charge is 0.488 e. The van der Waals surface area contributed by atoms with Crippen molar-refractivity contribution in [2.45, 2.75) is 71.6 Å². The first-order valence-electron chi connectivity index (χ1n) is 12.3. The van der Waals surface area contributed by atoms with Crippen molar-refractivity contribution in [2.24, 2.45) is 4.99 Å². The Bertz CT molecular complexity index is 1110. The van der Waals surface area contributed by atoms with Gasteiger partial charge in [-0.15, -0.1) is 0 Å². The molecule has 0 N–H and O–H groups in total. The molecule has 2 nitrogen and oxygen atoms in total. The van der Waals surface area contributed by atoms with Crippen LogP contribution in [0.3, 0.4) is 0 Å². The van der Waals surface area contributed by atoms with Gasteiger partial charge in [0.1, 0.15) is 12.4 Å². The molecule has 3 aromatic rings. The van der Waals surface area contributed by atoms with Crippen LogP contribution in [0.1, 0.15) is 75.3 Å². The van der Waals surface area contributed by atoms with E-state index < -0.39 is 0 Å². The van der Waals surface area contributed by atoms with E-state index in [0.29, 0.717) is 15.2 Å². The van der Waals surface area contributed by atoms with E-state index in [1.807, 2.05) is 13.3 Å². The van der Waals surface area contributed by atoms with Crippen molar-refractivity contribution >= 4 is 20.1 Å². The highest BCUT2D eigenvalue weighted by Gasteiger charge is 2.34. The van der Waals surface area contributed by atoms with Gasteiger partial charge < -0.3 is 4.74 Å². The Balaban J connectivity index is 2.16. The predicted octanol–water partition coefficient (Wildman–Crippen LogP) is 7.94. The fourth-order valence-corrected chi connectivity index (χ4v) is 6.31. The minimum Gasteiger partial charge on any atom is -0.488 e. The van der Waals surface area contributed by atoms with Crippen molar-refractivity contribution in [1.29, 1.82) is 0 Å². The number of aryl methyl sites for hydroxylation is 1. The zero-order valence-electron chi connectivity index (χ0n) is 21.9. The fraction of sp³-hybridized carbons (Fsp3) is 0.387. The van der Waals surface area contributed by atoms with Gasteiger partial charge in [0.2, 0.25) is 0 Å². The number of nitrogens with zero attached hydrogens (tertiary/aromatic N) is 1. The third kappa shape index (κ3) is 6.36. The Hall–Kier alpha value is -2.44. The monoisotopic (exact) mass is 473 g/mol. The van der Waals surface area contributed by atoms with Gasteiger partial charge >= 0.3 is 0 Å². The molecule has 0 bridgehead atoms. The normalized spacial score (nSPS) is 14.1. The summed E-state index contributed by atoms with van der Waals surface area (Å²) in [5.41, 5.74) is 6.29. The Labute approximate surface area is 208 Å². The SMILES string of the molecule is CCCC(C)(Pc1ccccc1C=NC)c1cc(C)cc(C(C)(C)C)c1OCc1ccccc1. The molecule has 0 fully saturated rings. The lowest BCUT2D eigenvalue weighted by atomic mass is 9.81. The van der Waals surface area contributed by atoms with Crippen LogP contribution >= 0.6 is 8.58 Å². The molecule has 2 atom stereocenters. The van der Waals surface area contributed by atoms with Crippen LogP contribution < -0.4 is 10.0 Å². The molecular formula is C31H40NOP. The van der Waals surface area contributed by atoms with Gasteiger partial charge in [-0.05, 0) is 35.2 Å². The number of ether oxygens (including phenoxy) is 1. The molecule has 0 radical (unpaired) electrons. The van der Waals surface area contributed by atoms with E-state index in [4.69, 9.17) is 4.74 Å². The summed E-state index contributed by atoms with van der Waals surface area (Å²) >= 11 is 0. The van der Waals surface area contributed by atoms with Crippen molar-refractivity contribution in [3.63, 3.8) is 0 Å². The molecule has 0 aromatic heterocycles. The molecule has 0 saturated heterocycles. The maximum absolute atomic E-state index is 6.72. The van der Waals surface area contributed by atoms with Gasteiger partial charge in [-0.1, -0.05) is 122 Å². The van der Waals surface area contributed by atoms with Crippen LogP contribution in [0.5, 0.6) is 5.75 Å². The molecule has 3 rings (SSSR count). The number of hydrogen-bond acceptors (Lipinski definition) is 2. The second kappa shape index (κ2) is 11.3. The van der Waals surface area contributed by atoms with Gasteiger partial charge in [-0.3, -0.25) is 4.99 Å². The summed E-state index contributed by atoms with van der Waals surface area (Å²) in [5, 5.41) is 1.32. The third-order valence-electron chi connectivity index (χ3n) is 6.25. The lowest BCUT2D eigenvalue weighted by Crippen LogP contribution is -2.24. The van der Waals surface area contributed by atoms with Crippen molar-refractivity contribution in [3.05, 3.63) is 94.5 Å². The maximum Gasteiger partial charge on any atom is 0.127 e. The lowest BCUT2D eigenvalue weighted by molar-refractivity contribution is 0.290. The lowest BCUT2D eigenvalue weighted by Gasteiger charge is -2.35. The summed E-state index contributed by atoms with van der Waals surface area (Å²) in [7, 11) is 2.46. The standard InChI is InChI=1S/C31H40NOP/c1-8-18-31(6,34-28-17-13-12-16-25(28)21-32-7)27-20-23(2)19-26(30(3,4)5)29(27)33-22-24-14-10-9-11-15-24/h9-17,19-21,34H,8,18,22H2,1-7H3. The molecule has 0 aliphatic heterocycles. The fourth-order valence-electron chi connectivity index (χ4n) is 4.55. The molecular weight excluding hydrogens is 433 g/mol. The number of hydrogen-bond donors (Lipinski definition) is 0. The Morgan fingerprint density at radius 2 is 1.56 bits per heavy atom. The average molecular weight is 474 g/mol. The Morgan fingerprint density at radius 3 is 2.21 bits per heavy atom. The summed E-state index contributed by atoms with van der Waals surface area (Å²) in [6.45, 7) is 14.4. The van der Waals surface area contributed by atoms with Crippen LogP contribution in [0.25, 0.3) is 0 Å². The summed E-state index contributed by atoms with van der Waals surface area (Å²) in [4.78, 5) is 4.31. The first-order chi connectivity index (χ1) is 16.2. The van der Waals surface area contributed by atoms with E-state index >= 15 is 0 Å². The second-order valence-corrected chi connectivity index (χ2v) is 12.3. The van der Waals surface area contributed by atoms with Crippen molar-refractivity contribution in [3.8, 4) is 5.75 Å². The van der Waals surface area contributed by atoms with Crippen LogP contribution in [0, 0.1) is 6.92 Å². The molecule has 0 saturated carbocycles. The topological polar surface area (TPSA) is 21.6 Å². The Kier molecular flexibility index (Phi) is 8.72. The second-order valence-electron chi connectivity index (χ2n) is 10.4. The highest BCUT2D eigenvalue weighted by atomic mass is 31.1. The summed E-state index contributed by atoms with van der Waals surface area (Å²) in [6, 6.07) is 23.8. The van der Waals surface area contributed by atoms with Gasteiger partial charge in [-0.25, -0.2) is 0 Å². The quantitative estimate of drug-likeness (QED) is 0.228. The van der Waals surface area contributed by atoms with Crippen LogP contribution in [0.15, 0.2) is 71.7 Å². The van der Waals surface area contributed by atoms with Crippen LogP contribution in [-0.2, 0) is 17.2 Å². The smallest absolute Gasteiger partial charge is 0.127 e. The minimum atomic E-state index is -0.0372. The van der Waals surface area contributed by atoms with Crippen LogP contribution in [0.4, 0.5) is 0 Å². The zero-order valence-corrected chi connectivity index (χ0v) is 22.9. The molecule has 2 unspecified atom stereocenters. The maximum atomic E-state index is 6.72. The molecule has 0 spiro atoms. The summed E-state index contributed by atoms with van der Waals surface area (Å²) in [5.74, 6) is 1.06. The molecule has 34 heavy (non-hydrogen) atoms. The molecule has 0 heterocycles. The molecule has 180 valence electrons. The van der Waals surface area contributed by atoms with E-state index in [1.165, 1.54) is 33.1 Å². The van der Waals surface area contributed by atoms with Gasteiger partial charge in [0.25, 0.3) is 0 Å². The van der Waals surface area contributed by atoms with Crippen molar-refractivity contribution in [1.82, 2.24) is 0 Å². The first-order valence-corrected chi connectivity index (χ1v) is 13.3. The zero-order chi connectivity index (χ0) is 24.8.